The van der Waals surface area contributed by atoms with Crippen LogP contribution < -0.4 is 0 Å². The number of thiophene rings is 1. The molecule has 130 valence electrons. The van der Waals surface area contributed by atoms with E-state index < -0.39 is 22.0 Å². The average molecular weight is 361 g/mol. The Morgan fingerprint density at radius 2 is 2.13 bits per heavy atom. The number of unbranched alkanes of at least 4 members (excludes halogenated alkanes) is 3. The normalized spacial score (nSPS) is 20.7. The summed E-state index contributed by atoms with van der Waals surface area (Å²) in [5, 5.41) is 11.2. The van der Waals surface area contributed by atoms with Gasteiger partial charge in [0.1, 0.15) is 10.3 Å². The summed E-state index contributed by atoms with van der Waals surface area (Å²) in [5.74, 6) is -1.08. The van der Waals surface area contributed by atoms with Gasteiger partial charge in [0.2, 0.25) is 0 Å². The van der Waals surface area contributed by atoms with Gasteiger partial charge in [-0.2, -0.15) is 4.31 Å². The van der Waals surface area contributed by atoms with E-state index in [1.807, 2.05) is 0 Å². The van der Waals surface area contributed by atoms with Crippen LogP contribution in [0.15, 0.2) is 21.7 Å². The predicted octanol–water partition coefficient (Wildman–Crippen LogP) is 2.09. The van der Waals surface area contributed by atoms with Gasteiger partial charge in [0.15, 0.2) is 0 Å². The van der Waals surface area contributed by atoms with Gasteiger partial charge in [0, 0.05) is 19.6 Å². The lowest BCUT2D eigenvalue weighted by atomic mass is 10.1. The van der Waals surface area contributed by atoms with E-state index in [-0.39, 0.29) is 17.3 Å². The van der Waals surface area contributed by atoms with Crippen molar-refractivity contribution in [1.29, 1.82) is 0 Å². The number of hydrogen-bond donors (Lipinski definition) is 1. The fourth-order valence-electron chi connectivity index (χ4n) is 2.80. The fraction of sp³-hybridized carbons (Fsp3) is 0.667. The Balaban J connectivity index is 2.04. The van der Waals surface area contributed by atoms with Crippen LogP contribution in [0.3, 0.4) is 0 Å². The highest BCUT2D eigenvalue weighted by Gasteiger charge is 2.40. The first-order valence-electron chi connectivity index (χ1n) is 7.97. The zero-order chi connectivity index (χ0) is 16.9. The Labute approximate surface area is 141 Å². The molecule has 0 spiro atoms. The summed E-state index contributed by atoms with van der Waals surface area (Å²) < 4.78 is 26.6. The van der Waals surface area contributed by atoms with E-state index in [2.05, 4.69) is 11.8 Å². The van der Waals surface area contributed by atoms with Crippen molar-refractivity contribution < 1.29 is 18.3 Å². The van der Waals surface area contributed by atoms with Gasteiger partial charge in [0.25, 0.3) is 10.0 Å². The molecular formula is C15H24N2O4S2. The monoisotopic (exact) mass is 360 g/mol. The molecule has 1 atom stereocenters. The second-order valence-electron chi connectivity index (χ2n) is 5.76. The molecule has 0 radical (unpaired) electrons. The minimum absolute atomic E-state index is 0.208. The summed E-state index contributed by atoms with van der Waals surface area (Å²) in [6.07, 6.45) is 4.49. The second-order valence-corrected chi connectivity index (χ2v) is 8.83. The van der Waals surface area contributed by atoms with Gasteiger partial charge in [-0.3, -0.25) is 9.69 Å². The van der Waals surface area contributed by atoms with E-state index >= 15 is 0 Å². The van der Waals surface area contributed by atoms with Crippen molar-refractivity contribution in [2.45, 2.75) is 42.9 Å². The van der Waals surface area contributed by atoms with Gasteiger partial charge in [0.05, 0.1) is 0 Å². The van der Waals surface area contributed by atoms with Crippen molar-refractivity contribution in [3.05, 3.63) is 17.5 Å². The topological polar surface area (TPSA) is 77.9 Å². The zero-order valence-corrected chi connectivity index (χ0v) is 15.0. The van der Waals surface area contributed by atoms with E-state index in [1.165, 1.54) is 12.5 Å². The molecule has 1 unspecified atom stereocenters. The van der Waals surface area contributed by atoms with E-state index in [4.69, 9.17) is 0 Å². The Bertz CT molecular complexity index is 601. The van der Waals surface area contributed by atoms with E-state index in [9.17, 15) is 18.3 Å². The third-order valence-corrected chi connectivity index (χ3v) is 7.37. The van der Waals surface area contributed by atoms with Crippen LogP contribution in [0.4, 0.5) is 0 Å². The molecular weight excluding hydrogens is 336 g/mol. The Hall–Kier alpha value is -0.960. The smallest absolute Gasteiger partial charge is 0.323 e. The van der Waals surface area contributed by atoms with Gasteiger partial charge in [-0.05, 0) is 24.4 Å². The van der Waals surface area contributed by atoms with Crippen LogP contribution in [-0.4, -0.2) is 60.9 Å². The molecule has 1 fully saturated rings. The molecule has 23 heavy (non-hydrogen) atoms. The molecule has 8 heteroatoms. The third kappa shape index (κ3) is 4.53. The molecule has 0 saturated carbocycles. The number of rotatable bonds is 8. The molecule has 0 bridgehead atoms. The van der Waals surface area contributed by atoms with Crippen molar-refractivity contribution in [2.24, 2.45) is 0 Å². The molecule has 1 saturated heterocycles. The maximum absolute atomic E-state index is 12.6. The zero-order valence-electron chi connectivity index (χ0n) is 13.3. The van der Waals surface area contributed by atoms with Crippen molar-refractivity contribution in [1.82, 2.24) is 9.21 Å². The number of aliphatic carboxylic acids is 1. The summed E-state index contributed by atoms with van der Waals surface area (Å²) in [6.45, 7) is 4.04. The summed E-state index contributed by atoms with van der Waals surface area (Å²) in [6, 6.07) is 2.18. The number of carboxylic acid groups (broad SMARTS) is 1. The molecule has 0 aromatic carbocycles. The van der Waals surface area contributed by atoms with Gasteiger partial charge in [-0.1, -0.05) is 32.3 Å². The number of nitrogens with zero attached hydrogens (tertiary/aromatic N) is 2. The highest BCUT2D eigenvalue weighted by molar-refractivity contribution is 7.91. The Morgan fingerprint density at radius 3 is 2.74 bits per heavy atom. The number of sulfonamides is 1. The number of carbonyl (C=O) groups is 1. The SMILES string of the molecule is CCCCCCN1CCN(S(=O)(=O)c2cccs2)C(C(=O)O)C1. The number of piperazine rings is 1. The molecule has 6 nitrogen and oxygen atoms in total. The number of carboxylic acids is 1. The molecule has 2 heterocycles. The Morgan fingerprint density at radius 1 is 1.35 bits per heavy atom. The van der Waals surface area contributed by atoms with Crippen LogP contribution in [0.1, 0.15) is 32.6 Å². The Kier molecular flexibility index (Phi) is 6.58. The lowest BCUT2D eigenvalue weighted by molar-refractivity contribution is -0.143. The van der Waals surface area contributed by atoms with E-state index in [0.717, 1.165) is 41.4 Å². The summed E-state index contributed by atoms with van der Waals surface area (Å²) in [5.41, 5.74) is 0. The lowest BCUT2D eigenvalue weighted by Crippen LogP contribution is -2.58. The largest absolute Gasteiger partial charge is 0.480 e. The number of hydrogen-bond acceptors (Lipinski definition) is 5. The molecule has 1 N–H and O–H groups in total. The van der Waals surface area contributed by atoms with Crippen molar-refractivity contribution in [2.75, 3.05) is 26.2 Å². The first-order valence-corrected chi connectivity index (χ1v) is 10.3. The lowest BCUT2D eigenvalue weighted by Gasteiger charge is -2.38. The second kappa shape index (κ2) is 8.23. The van der Waals surface area contributed by atoms with Crippen LogP contribution >= 0.6 is 11.3 Å². The van der Waals surface area contributed by atoms with Gasteiger partial charge in [-0.15, -0.1) is 11.3 Å². The van der Waals surface area contributed by atoms with Crippen molar-refractivity contribution in [3.63, 3.8) is 0 Å². The first-order chi connectivity index (χ1) is 11.0. The molecule has 0 aliphatic carbocycles. The molecule has 1 aliphatic rings. The van der Waals surface area contributed by atoms with Gasteiger partial charge >= 0.3 is 5.97 Å². The van der Waals surface area contributed by atoms with Gasteiger partial charge < -0.3 is 5.11 Å². The fourth-order valence-corrected chi connectivity index (χ4v) is 5.49. The minimum atomic E-state index is -3.72. The summed E-state index contributed by atoms with van der Waals surface area (Å²) >= 11 is 1.12. The van der Waals surface area contributed by atoms with Gasteiger partial charge in [-0.25, -0.2) is 8.42 Å². The molecule has 1 aromatic heterocycles. The molecule has 1 aliphatic heterocycles. The molecule has 1 aromatic rings. The van der Waals surface area contributed by atoms with Crippen LogP contribution in [0.2, 0.25) is 0 Å². The highest BCUT2D eigenvalue weighted by atomic mass is 32.2. The highest BCUT2D eigenvalue weighted by Crippen LogP contribution is 2.25. The van der Waals surface area contributed by atoms with Crippen molar-refractivity contribution >= 4 is 27.3 Å². The first kappa shape index (κ1) is 18.4. The maximum atomic E-state index is 12.6. The van der Waals surface area contributed by atoms with E-state index in [0.29, 0.717) is 6.54 Å². The van der Waals surface area contributed by atoms with Crippen LogP contribution in [0.5, 0.6) is 0 Å². The molecule has 2 rings (SSSR count). The predicted molar refractivity (Wildman–Crippen MR) is 90.2 cm³/mol. The molecule has 0 amide bonds. The summed E-state index contributed by atoms with van der Waals surface area (Å²) in [4.78, 5) is 13.6. The van der Waals surface area contributed by atoms with E-state index in [1.54, 1.807) is 11.4 Å². The van der Waals surface area contributed by atoms with Crippen molar-refractivity contribution in [3.8, 4) is 0 Å². The van der Waals surface area contributed by atoms with Crippen LogP contribution in [0, 0.1) is 0 Å². The quantitative estimate of drug-likeness (QED) is 0.718. The standard InChI is InChI=1S/C15H24N2O4S2/c1-2-3-4-5-8-16-9-10-17(13(12-16)15(18)19)23(20,21)14-7-6-11-22-14/h6-7,11,13H,2-5,8-10,12H2,1H3,(H,18,19). The maximum Gasteiger partial charge on any atom is 0.323 e. The average Bonchev–Trinajstić information content (AvgIpc) is 3.06. The third-order valence-electron chi connectivity index (χ3n) is 4.09. The minimum Gasteiger partial charge on any atom is -0.480 e. The van der Waals surface area contributed by atoms with Crippen LogP contribution in [-0.2, 0) is 14.8 Å². The van der Waals surface area contributed by atoms with Crippen LogP contribution in [0.25, 0.3) is 0 Å². The summed E-state index contributed by atoms with van der Waals surface area (Å²) in [7, 11) is -3.72.